The number of hydrogen-bond acceptors (Lipinski definition) is 3. The fourth-order valence-corrected chi connectivity index (χ4v) is 1.63. The zero-order chi connectivity index (χ0) is 15.2. The summed E-state index contributed by atoms with van der Waals surface area (Å²) in [7, 11) is 0. The van der Waals surface area contributed by atoms with Gasteiger partial charge in [0.25, 0.3) is 0 Å². The fraction of sp³-hybridized carbons (Fsp3) is 0.133. The molecule has 0 aliphatic carbocycles. The summed E-state index contributed by atoms with van der Waals surface area (Å²) in [6.07, 6.45) is 0. The summed E-state index contributed by atoms with van der Waals surface area (Å²) in [5, 5.41) is 7.26. The molecular weight excluding hydrogens is 278 g/mol. The van der Waals surface area contributed by atoms with E-state index >= 15 is 0 Å². The van der Waals surface area contributed by atoms with E-state index in [4.69, 9.17) is 20.6 Å². The quantitative estimate of drug-likeness (QED) is 0.488. The van der Waals surface area contributed by atoms with Crippen molar-refractivity contribution in [2.24, 2.45) is 5.73 Å². The van der Waals surface area contributed by atoms with Crippen molar-refractivity contribution in [1.29, 1.82) is 5.41 Å². The average Bonchev–Trinajstić information content (AvgIpc) is 2.47. The number of halogens is 2. The summed E-state index contributed by atoms with van der Waals surface area (Å²) in [5.74, 6) is -0.783. The van der Waals surface area contributed by atoms with Gasteiger partial charge in [0, 0.05) is 11.6 Å². The van der Waals surface area contributed by atoms with Gasteiger partial charge in [-0.05, 0) is 36.4 Å². The number of hydrogen-bond donors (Lipinski definition) is 2. The Hall–Kier alpha value is -2.63. The van der Waals surface area contributed by atoms with Gasteiger partial charge in [-0.25, -0.2) is 8.78 Å². The molecule has 2 aromatic carbocycles. The number of ether oxygens (including phenoxy) is 2. The summed E-state index contributed by atoms with van der Waals surface area (Å²) >= 11 is 0. The predicted molar refractivity (Wildman–Crippen MR) is 74.8 cm³/mol. The van der Waals surface area contributed by atoms with Crippen LogP contribution in [0.4, 0.5) is 8.78 Å². The maximum absolute atomic E-state index is 13.3. The van der Waals surface area contributed by atoms with Gasteiger partial charge in [-0.3, -0.25) is 5.41 Å². The predicted octanol–water partition coefficient (Wildman–Crippen LogP) is 2.71. The lowest BCUT2D eigenvalue weighted by Crippen LogP contribution is -2.11. The monoisotopic (exact) mass is 292 g/mol. The highest BCUT2D eigenvalue weighted by Gasteiger charge is 2.05. The maximum Gasteiger partial charge on any atom is 0.165 e. The Labute approximate surface area is 120 Å². The molecular formula is C15H14F2N2O2. The van der Waals surface area contributed by atoms with Crippen LogP contribution in [-0.2, 0) is 0 Å². The van der Waals surface area contributed by atoms with Gasteiger partial charge in [0.2, 0.25) is 0 Å². The zero-order valence-electron chi connectivity index (χ0n) is 11.1. The highest BCUT2D eigenvalue weighted by atomic mass is 19.1. The van der Waals surface area contributed by atoms with Crippen LogP contribution in [-0.4, -0.2) is 19.0 Å². The normalized spacial score (nSPS) is 10.2. The molecule has 0 aliphatic rings. The van der Waals surface area contributed by atoms with Crippen LogP contribution < -0.4 is 15.2 Å². The molecule has 2 rings (SSSR count). The van der Waals surface area contributed by atoms with Gasteiger partial charge in [0.1, 0.15) is 30.6 Å². The number of nitrogens with one attached hydrogen (secondary N) is 1. The van der Waals surface area contributed by atoms with E-state index in [0.29, 0.717) is 11.3 Å². The maximum atomic E-state index is 13.3. The van der Waals surface area contributed by atoms with Gasteiger partial charge < -0.3 is 15.2 Å². The van der Waals surface area contributed by atoms with Gasteiger partial charge >= 0.3 is 0 Å². The first kappa shape index (κ1) is 14.8. The Morgan fingerprint density at radius 2 is 1.67 bits per heavy atom. The number of amidine groups is 1. The van der Waals surface area contributed by atoms with E-state index in [0.717, 1.165) is 18.2 Å². The van der Waals surface area contributed by atoms with Gasteiger partial charge in [-0.2, -0.15) is 0 Å². The van der Waals surface area contributed by atoms with E-state index in [2.05, 4.69) is 0 Å². The van der Waals surface area contributed by atoms with Crippen molar-refractivity contribution in [3.05, 3.63) is 59.7 Å². The number of nitrogen functional groups attached to an aromatic ring is 1. The summed E-state index contributed by atoms with van der Waals surface area (Å²) in [5.41, 5.74) is 5.93. The molecule has 0 fully saturated rings. The highest BCUT2D eigenvalue weighted by Crippen LogP contribution is 2.18. The van der Waals surface area contributed by atoms with Crippen molar-refractivity contribution in [2.75, 3.05) is 13.2 Å². The number of rotatable bonds is 6. The molecule has 0 aliphatic heterocycles. The van der Waals surface area contributed by atoms with Crippen molar-refractivity contribution in [1.82, 2.24) is 0 Å². The van der Waals surface area contributed by atoms with Gasteiger partial charge in [-0.1, -0.05) is 0 Å². The molecule has 0 saturated heterocycles. The van der Waals surface area contributed by atoms with Crippen LogP contribution in [0.1, 0.15) is 5.56 Å². The molecule has 4 nitrogen and oxygen atoms in total. The molecule has 0 radical (unpaired) electrons. The van der Waals surface area contributed by atoms with Crippen molar-refractivity contribution in [3.8, 4) is 11.5 Å². The third-order valence-electron chi connectivity index (χ3n) is 2.67. The molecule has 0 bridgehead atoms. The Bertz CT molecular complexity index is 630. The van der Waals surface area contributed by atoms with Gasteiger partial charge in [0.15, 0.2) is 11.6 Å². The molecule has 2 aromatic rings. The lowest BCUT2D eigenvalue weighted by molar-refractivity contribution is 0.211. The molecule has 0 spiro atoms. The summed E-state index contributed by atoms with van der Waals surface area (Å²) in [4.78, 5) is 0. The second kappa shape index (κ2) is 6.69. The first-order valence-corrected chi connectivity index (χ1v) is 6.21. The summed E-state index contributed by atoms with van der Waals surface area (Å²) in [6.45, 7) is 0.254. The third kappa shape index (κ3) is 4.17. The summed E-state index contributed by atoms with van der Waals surface area (Å²) < 4.78 is 36.7. The summed E-state index contributed by atoms with van der Waals surface area (Å²) in [6, 6.07) is 9.66. The standard InChI is InChI=1S/C15H14F2N2O2/c16-11-3-6-13(17)14(9-11)21-8-7-20-12-4-1-10(2-5-12)15(18)19/h1-6,9H,7-8H2,(H3,18,19). The highest BCUT2D eigenvalue weighted by molar-refractivity contribution is 5.94. The van der Waals surface area contributed by atoms with E-state index in [1.54, 1.807) is 24.3 Å². The van der Waals surface area contributed by atoms with E-state index in [1.165, 1.54) is 0 Å². The van der Waals surface area contributed by atoms with Crippen LogP contribution in [0, 0.1) is 17.0 Å². The first-order valence-electron chi connectivity index (χ1n) is 6.21. The van der Waals surface area contributed by atoms with E-state index in [1.807, 2.05) is 0 Å². The third-order valence-corrected chi connectivity index (χ3v) is 2.67. The Balaban J connectivity index is 1.81. The minimum absolute atomic E-state index is 0.0218. The van der Waals surface area contributed by atoms with E-state index < -0.39 is 11.6 Å². The minimum Gasteiger partial charge on any atom is -0.490 e. The fourth-order valence-electron chi connectivity index (χ4n) is 1.63. The molecule has 0 heterocycles. The largest absolute Gasteiger partial charge is 0.490 e. The van der Waals surface area contributed by atoms with Crippen LogP contribution in [0.25, 0.3) is 0 Å². The van der Waals surface area contributed by atoms with Gasteiger partial charge in [0.05, 0.1) is 0 Å². The molecule has 0 saturated carbocycles. The van der Waals surface area contributed by atoms with Gasteiger partial charge in [-0.15, -0.1) is 0 Å². The minimum atomic E-state index is -0.623. The van der Waals surface area contributed by atoms with Crippen LogP contribution in [0.5, 0.6) is 11.5 Å². The second-order valence-electron chi connectivity index (χ2n) is 4.21. The van der Waals surface area contributed by atoms with Crippen LogP contribution >= 0.6 is 0 Å². The molecule has 3 N–H and O–H groups in total. The average molecular weight is 292 g/mol. The Morgan fingerprint density at radius 1 is 1.00 bits per heavy atom. The van der Waals surface area contributed by atoms with Crippen molar-refractivity contribution < 1.29 is 18.3 Å². The topological polar surface area (TPSA) is 68.3 Å². The molecule has 0 amide bonds. The van der Waals surface area contributed by atoms with Crippen molar-refractivity contribution in [3.63, 3.8) is 0 Å². The molecule has 21 heavy (non-hydrogen) atoms. The van der Waals surface area contributed by atoms with E-state index in [9.17, 15) is 8.78 Å². The smallest absolute Gasteiger partial charge is 0.165 e. The molecule has 110 valence electrons. The molecule has 0 atom stereocenters. The lowest BCUT2D eigenvalue weighted by atomic mass is 10.2. The first-order chi connectivity index (χ1) is 10.1. The Morgan fingerprint density at radius 3 is 2.33 bits per heavy atom. The molecule has 0 aromatic heterocycles. The second-order valence-corrected chi connectivity index (χ2v) is 4.21. The Kier molecular flexibility index (Phi) is 4.71. The lowest BCUT2D eigenvalue weighted by Gasteiger charge is -2.09. The van der Waals surface area contributed by atoms with Crippen molar-refractivity contribution in [2.45, 2.75) is 0 Å². The van der Waals surface area contributed by atoms with E-state index in [-0.39, 0.29) is 24.8 Å². The zero-order valence-corrected chi connectivity index (χ0v) is 11.1. The SMILES string of the molecule is N=C(N)c1ccc(OCCOc2cc(F)ccc2F)cc1. The number of nitrogens with two attached hydrogens (primary N) is 1. The number of benzene rings is 2. The van der Waals surface area contributed by atoms with Crippen LogP contribution in [0.2, 0.25) is 0 Å². The van der Waals surface area contributed by atoms with Crippen LogP contribution in [0.15, 0.2) is 42.5 Å². The van der Waals surface area contributed by atoms with Crippen molar-refractivity contribution >= 4 is 5.84 Å². The van der Waals surface area contributed by atoms with Crippen LogP contribution in [0.3, 0.4) is 0 Å². The molecule has 6 heteroatoms. The molecule has 0 unspecified atom stereocenters.